The molecule has 0 radical (unpaired) electrons. The number of piperidine rings is 1. The maximum Gasteiger partial charge on any atom is 0.410 e. The third kappa shape index (κ3) is 5.78. The summed E-state index contributed by atoms with van der Waals surface area (Å²) in [5.74, 6) is 0.0515. The number of rotatable bonds is 3. The van der Waals surface area contributed by atoms with Crippen molar-refractivity contribution in [1.82, 2.24) is 9.62 Å². The first-order valence-electron chi connectivity index (χ1n) is 6.61. The average Bonchev–Trinajstić information content (AvgIpc) is 2.26. The molecular weight excluding hydrogens is 268 g/mol. The van der Waals surface area contributed by atoms with Crippen LogP contribution in [0.1, 0.15) is 40.5 Å². The highest BCUT2D eigenvalue weighted by atomic mass is 32.2. The molecule has 1 unspecified atom stereocenters. The molecule has 7 heteroatoms. The van der Waals surface area contributed by atoms with E-state index in [4.69, 9.17) is 4.74 Å². The van der Waals surface area contributed by atoms with Crippen LogP contribution in [0.25, 0.3) is 0 Å². The van der Waals surface area contributed by atoms with E-state index in [-0.39, 0.29) is 17.9 Å². The van der Waals surface area contributed by atoms with Crippen LogP contribution in [0.4, 0.5) is 4.79 Å². The Morgan fingerprint density at radius 2 is 2.05 bits per heavy atom. The maximum absolute atomic E-state index is 11.9. The molecular formula is C12H24N2O4S. The molecule has 19 heavy (non-hydrogen) atoms. The molecule has 0 aromatic rings. The summed E-state index contributed by atoms with van der Waals surface area (Å²) < 4.78 is 31.0. The molecule has 1 atom stereocenters. The van der Waals surface area contributed by atoms with Gasteiger partial charge in [0.2, 0.25) is 10.0 Å². The summed E-state index contributed by atoms with van der Waals surface area (Å²) in [6, 6.07) is -0.216. The van der Waals surface area contributed by atoms with Crippen LogP contribution in [0.2, 0.25) is 0 Å². The molecule has 0 bridgehead atoms. The van der Waals surface area contributed by atoms with Gasteiger partial charge in [0.05, 0.1) is 5.75 Å². The van der Waals surface area contributed by atoms with Gasteiger partial charge in [-0.25, -0.2) is 17.9 Å². The molecule has 1 heterocycles. The lowest BCUT2D eigenvalue weighted by molar-refractivity contribution is 0.0195. The first-order valence-corrected chi connectivity index (χ1v) is 8.26. The van der Waals surface area contributed by atoms with Gasteiger partial charge in [-0.2, -0.15) is 0 Å². The number of nitrogens with one attached hydrogen (secondary N) is 1. The van der Waals surface area contributed by atoms with Crippen molar-refractivity contribution in [1.29, 1.82) is 0 Å². The fraction of sp³-hybridized carbons (Fsp3) is 0.917. The second-order valence-electron chi connectivity index (χ2n) is 5.79. The molecule has 1 amide bonds. The normalized spacial score (nSPS) is 21.3. The molecule has 1 N–H and O–H groups in total. The van der Waals surface area contributed by atoms with Gasteiger partial charge in [0, 0.05) is 19.1 Å². The molecule has 0 aromatic carbocycles. The van der Waals surface area contributed by atoms with Crippen LogP contribution < -0.4 is 4.72 Å². The minimum Gasteiger partial charge on any atom is -0.444 e. The van der Waals surface area contributed by atoms with Crippen molar-refractivity contribution in [3.8, 4) is 0 Å². The smallest absolute Gasteiger partial charge is 0.410 e. The Morgan fingerprint density at radius 1 is 1.42 bits per heavy atom. The summed E-state index contributed by atoms with van der Waals surface area (Å²) in [6.45, 7) is 8.01. The lowest BCUT2D eigenvalue weighted by Gasteiger charge is -2.34. The van der Waals surface area contributed by atoms with Crippen LogP contribution in [-0.4, -0.2) is 49.9 Å². The van der Waals surface area contributed by atoms with E-state index in [2.05, 4.69) is 4.72 Å². The quantitative estimate of drug-likeness (QED) is 0.851. The Bertz CT molecular complexity index is 414. The minimum atomic E-state index is -3.23. The third-order valence-corrected chi connectivity index (χ3v) is 4.25. The Labute approximate surface area is 115 Å². The fourth-order valence-corrected chi connectivity index (χ4v) is 2.77. The topological polar surface area (TPSA) is 75.7 Å². The van der Waals surface area contributed by atoms with Crippen LogP contribution >= 0.6 is 0 Å². The molecule has 112 valence electrons. The van der Waals surface area contributed by atoms with Crippen LogP contribution in [0.5, 0.6) is 0 Å². The first kappa shape index (κ1) is 16.2. The number of amides is 1. The summed E-state index contributed by atoms with van der Waals surface area (Å²) in [6.07, 6.45) is 1.14. The van der Waals surface area contributed by atoms with Crippen molar-refractivity contribution in [3.05, 3.63) is 0 Å². The van der Waals surface area contributed by atoms with Gasteiger partial charge in [0.25, 0.3) is 0 Å². The van der Waals surface area contributed by atoms with Gasteiger partial charge in [-0.15, -0.1) is 0 Å². The van der Waals surface area contributed by atoms with Crippen molar-refractivity contribution >= 4 is 16.1 Å². The lowest BCUT2D eigenvalue weighted by Crippen LogP contribution is -2.50. The van der Waals surface area contributed by atoms with Gasteiger partial charge in [-0.3, -0.25) is 0 Å². The zero-order chi connectivity index (χ0) is 14.7. The van der Waals surface area contributed by atoms with Crippen LogP contribution in [0.15, 0.2) is 0 Å². The molecule has 1 fully saturated rings. The highest BCUT2D eigenvalue weighted by Gasteiger charge is 2.29. The summed E-state index contributed by atoms with van der Waals surface area (Å²) in [4.78, 5) is 13.5. The number of nitrogens with zero attached hydrogens (tertiary/aromatic N) is 1. The van der Waals surface area contributed by atoms with Gasteiger partial charge in [-0.1, -0.05) is 0 Å². The number of hydrogen-bond acceptors (Lipinski definition) is 4. The molecule has 0 aliphatic carbocycles. The van der Waals surface area contributed by atoms with Gasteiger partial charge >= 0.3 is 6.09 Å². The molecule has 1 saturated heterocycles. The van der Waals surface area contributed by atoms with E-state index in [1.807, 2.05) is 20.8 Å². The van der Waals surface area contributed by atoms with E-state index in [0.717, 1.165) is 12.8 Å². The second kappa shape index (κ2) is 6.09. The highest BCUT2D eigenvalue weighted by Crippen LogP contribution is 2.15. The molecule has 1 aliphatic rings. The molecule has 1 aliphatic heterocycles. The predicted octanol–water partition coefficient (Wildman–Crippen LogP) is 1.33. The van der Waals surface area contributed by atoms with Gasteiger partial charge < -0.3 is 9.64 Å². The summed E-state index contributed by atoms with van der Waals surface area (Å²) in [7, 11) is -3.23. The van der Waals surface area contributed by atoms with Gasteiger partial charge in [0.1, 0.15) is 5.60 Å². The molecule has 6 nitrogen and oxygen atoms in total. The number of hydrogen-bond donors (Lipinski definition) is 1. The van der Waals surface area contributed by atoms with E-state index in [1.54, 1.807) is 11.8 Å². The Balaban J connectivity index is 2.57. The molecule has 0 saturated carbocycles. The molecule has 0 aromatic heterocycles. The van der Waals surface area contributed by atoms with Crippen LogP contribution in [-0.2, 0) is 14.8 Å². The maximum atomic E-state index is 11.9. The van der Waals surface area contributed by atoms with Crippen molar-refractivity contribution < 1.29 is 17.9 Å². The lowest BCUT2D eigenvalue weighted by atomic mass is 10.1. The summed E-state index contributed by atoms with van der Waals surface area (Å²) in [5, 5.41) is 0. The minimum absolute atomic E-state index is 0.0515. The van der Waals surface area contributed by atoms with Crippen molar-refractivity contribution in [3.63, 3.8) is 0 Å². The number of sulfonamides is 1. The van der Waals surface area contributed by atoms with Gasteiger partial charge in [0.15, 0.2) is 0 Å². The zero-order valence-corrected chi connectivity index (χ0v) is 12.9. The fourth-order valence-electron chi connectivity index (χ4n) is 1.90. The third-order valence-electron chi connectivity index (χ3n) is 2.80. The Morgan fingerprint density at radius 3 is 2.58 bits per heavy atom. The highest BCUT2D eigenvalue weighted by molar-refractivity contribution is 7.89. The van der Waals surface area contributed by atoms with E-state index >= 15 is 0 Å². The Hall–Kier alpha value is -0.820. The average molecular weight is 292 g/mol. The van der Waals surface area contributed by atoms with E-state index in [0.29, 0.717) is 13.1 Å². The van der Waals surface area contributed by atoms with Crippen molar-refractivity contribution in [2.24, 2.45) is 0 Å². The number of likely N-dealkylation sites (tertiary alicyclic amines) is 1. The van der Waals surface area contributed by atoms with Gasteiger partial charge in [-0.05, 0) is 40.5 Å². The van der Waals surface area contributed by atoms with E-state index in [1.165, 1.54) is 0 Å². The number of carbonyl (C=O) groups excluding carboxylic acids is 1. The molecule has 0 spiro atoms. The monoisotopic (exact) mass is 292 g/mol. The standard InChI is InChI=1S/C12H24N2O4S/c1-5-19(16,17)13-10-7-6-8-14(9-10)11(15)18-12(2,3)4/h10,13H,5-9H2,1-4H3. The van der Waals surface area contributed by atoms with E-state index in [9.17, 15) is 13.2 Å². The number of ether oxygens (including phenoxy) is 1. The first-order chi connectivity index (χ1) is 8.63. The predicted molar refractivity (Wildman–Crippen MR) is 73.4 cm³/mol. The summed E-state index contributed by atoms with van der Waals surface area (Å²) in [5.41, 5.74) is -0.535. The van der Waals surface area contributed by atoms with Crippen molar-refractivity contribution in [2.45, 2.75) is 52.2 Å². The van der Waals surface area contributed by atoms with E-state index < -0.39 is 15.6 Å². The van der Waals surface area contributed by atoms with Crippen LogP contribution in [0.3, 0.4) is 0 Å². The number of carbonyl (C=O) groups is 1. The van der Waals surface area contributed by atoms with Crippen molar-refractivity contribution in [2.75, 3.05) is 18.8 Å². The SMILES string of the molecule is CCS(=O)(=O)NC1CCCN(C(=O)OC(C)(C)C)C1. The van der Waals surface area contributed by atoms with Crippen LogP contribution in [0, 0.1) is 0 Å². The Kier molecular flexibility index (Phi) is 5.20. The summed E-state index contributed by atoms with van der Waals surface area (Å²) >= 11 is 0. The largest absolute Gasteiger partial charge is 0.444 e. The zero-order valence-electron chi connectivity index (χ0n) is 12.1. The second-order valence-corrected chi connectivity index (χ2v) is 7.83. The molecule has 1 rings (SSSR count).